The van der Waals surface area contributed by atoms with Crippen molar-refractivity contribution in [1.29, 1.82) is 0 Å². The maximum absolute atomic E-state index is 13.7. The van der Waals surface area contributed by atoms with Crippen LogP contribution in [0.15, 0.2) is 76.6 Å². The molecule has 46 heavy (non-hydrogen) atoms. The van der Waals surface area contributed by atoms with Gasteiger partial charge in [-0.15, -0.1) is 10.2 Å². The average Bonchev–Trinajstić information content (AvgIpc) is 3.62. The predicted molar refractivity (Wildman–Crippen MR) is 181 cm³/mol. The molecule has 3 aromatic carbocycles. The van der Waals surface area contributed by atoms with Gasteiger partial charge in [0.25, 0.3) is 5.78 Å². The molecule has 2 heterocycles. The van der Waals surface area contributed by atoms with Crippen LogP contribution in [0.3, 0.4) is 0 Å². The highest BCUT2D eigenvalue weighted by Crippen LogP contribution is 2.45. The number of aromatic nitrogens is 2. The van der Waals surface area contributed by atoms with Gasteiger partial charge in [-0.1, -0.05) is 72.8 Å². The number of carbonyl (C=O) groups excluding carboxylic acids is 2. The van der Waals surface area contributed by atoms with E-state index in [2.05, 4.69) is 48.3 Å². The number of ether oxygens (including phenoxy) is 3. The molecule has 1 aliphatic rings. The van der Waals surface area contributed by atoms with E-state index in [1.807, 2.05) is 13.8 Å². The lowest BCUT2D eigenvalue weighted by molar-refractivity contribution is -0.132. The lowest BCUT2D eigenvalue weighted by Gasteiger charge is -2.24. The number of nitrogens with zero attached hydrogens (tertiary/aromatic N) is 3. The molecule has 1 fully saturated rings. The van der Waals surface area contributed by atoms with Gasteiger partial charge in [0.2, 0.25) is 5.13 Å². The SMILES string of the molecule is CCOc1cc(C2/C(=C(\O)c3ccc(OC)cc3)C(=O)C(=O)N2c2nnc(SCc3ccc(C)cc3)s2)ccc1OCCC(C)C. The minimum atomic E-state index is -0.992. The van der Waals surface area contributed by atoms with Crippen LogP contribution in [-0.2, 0) is 15.3 Å². The van der Waals surface area contributed by atoms with Crippen LogP contribution in [0.2, 0.25) is 0 Å². The Balaban J connectivity index is 1.55. The summed E-state index contributed by atoms with van der Waals surface area (Å²) in [5, 5.41) is 20.5. The Hall–Kier alpha value is -4.35. The third kappa shape index (κ3) is 7.37. The molecule has 9 nitrogen and oxygen atoms in total. The molecule has 0 saturated carbocycles. The number of ketones is 1. The number of carbonyl (C=O) groups is 2. The molecule has 1 N–H and O–H groups in total. The summed E-state index contributed by atoms with van der Waals surface area (Å²) in [5.41, 5.74) is 3.17. The molecule has 1 aliphatic heterocycles. The summed E-state index contributed by atoms with van der Waals surface area (Å²) >= 11 is 2.72. The first-order valence-corrected chi connectivity index (χ1v) is 16.9. The molecule has 1 saturated heterocycles. The van der Waals surface area contributed by atoms with Gasteiger partial charge >= 0.3 is 5.91 Å². The van der Waals surface area contributed by atoms with Crippen LogP contribution in [-0.4, -0.2) is 47.3 Å². The van der Waals surface area contributed by atoms with Crippen molar-refractivity contribution in [1.82, 2.24) is 10.2 Å². The minimum Gasteiger partial charge on any atom is -0.507 e. The molecule has 1 aromatic heterocycles. The van der Waals surface area contributed by atoms with Crippen molar-refractivity contribution in [2.75, 3.05) is 25.2 Å². The zero-order valence-corrected chi connectivity index (χ0v) is 28.1. The largest absolute Gasteiger partial charge is 0.507 e. The van der Waals surface area contributed by atoms with Crippen LogP contribution >= 0.6 is 23.1 Å². The number of rotatable bonds is 13. The zero-order chi connectivity index (χ0) is 32.8. The number of hydrogen-bond acceptors (Lipinski definition) is 10. The molecule has 0 bridgehead atoms. The van der Waals surface area contributed by atoms with Crippen molar-refractivity contribution in [3.63, 3.8) is 0 Å². The Morgan fingerprint density at radius 2 is 1.74 bits per heavy atom. The summed E-state index contributed by atoms with van der Waals surface area (Å²) in [6.45, 7) is 9.06. The van der Waals surface area contributed by atoms with Gasteiger partial charge in [-0.25, -0.2) is 0 Å². The maximum atomic E-state index is 13.7. The number of Topliss-reactive ketones (excluding diaryl/α,β-unsaturated/α-hetero) is 1. The van der Waals surface area contributed by atoms with Crippen molar-refractivity contribution >= 4 is 45.7 Å². The van der Waals surface area contributed by atoms with Gasteiger partial charge in [-0.3, -0.25) is 14.5 Å². The molecule has 240 valence electrons. The zero-order valence-electron chi connectivity index (χ0n) is 26.5. The first-order valence-electron chi connectivity index (χ1n) is 15.1. The molecule has 4 aromatic rings. The van der Waals surface area contributed by atoms with Gasteiger partial charge in [-0.05, 0) is 73.7 Å². The van der Waals surface area contributed by atoms with Crippen LogP contribution in [0, 0.1) is 12.8 Å². The predicted octanol–water partition coefficient (Wildman–Crippen LogP) is 7.60. The van der Waals surface area contributed by atoms with E-state index in [4.69, 9.17) is 14.2 Å². The van der Waals surface area contributed by atoms with E-state index in [9.17, 15) is 14.7 Å². The van der Waals surface area contributed by atoms with Crippen LogP contribution in [0.4, 0.5) is 5.13 Å². The second-order valence-electron chi connectivity index (χ2n) is 11.2. The molecule has 0 radical (unpaired) electrons. The molecule has 0 aliphatic carbocycles. The Bertz CT molecular complexity index is 1720. The van der Waals surface area contributed by atoms with E-state index < -0.39 is 17.7 Å². The van der Waals surface area contributed by atoms with Gasteiger partial charge in [0, 0.05) is 11.3 Å². The Labute approximate surface area is 277 Å². The first kappa shape index (κ1) is 33.0. The second-order valence-corrected chi connectivity index (χ2v) is 13.4. The monoisotopic (exact) mass is 659 g/mol. The first-order chi connectivity index (χ1) is 22.2. The number of hydrogen-bond donors (Lipinski definition) is 1. The highest BCUT2D eigenvalue weighted by atomic mass is 32.2. The van der Waals surface area contributed by atoms with E-state index in [1.54, 1.807) is 49.6 Å². The highest BCUT2D eigenvalue weighted by molar-refractivity contribution is 8.00. The van der Waals surface area contributed by atoms with E-state index in [-0.39, 0.29) is 16.5 Å². The highest BCUT2D eigenvalue weighted by Gasteiger charge is 2.48. The number of aliphatic hydroxyl groups is 1. The van der Waals surface area contributed by atoms with Crippen LogP contribution in [0.25, 0.3) is 5.76 Å². The summed E-state index contributed by atoms with van der Waals surface area (Å²) < 4.78 is 17.9. The summed E-state index contributed by atoms with van der Waals surface area (Å²) in [4.78, 5) is 28.7. The summed E-state index contributed by atoms with van der Waals surface area (Å²) in [6.07, 6.45) is 0.872. The van der Waals surface area contributed by atoms with Gasteiger partial charge in [-0.2, -0.15) is 0 Å². The smallest absolute Gasteiger partial charge is 0.301 e. The summed E-state index contributed by atoms with van der Waals surface area (Å²) in [7, 11) is 1.54. The van der Waals surface area contributed by atoms with E-state index in [0.717, 1.165) is 12.0 Å². The molecule has 1 unspecified atom stereocenters. The lowest BCUT2D eigenvalue weighted by atomic mass is 9.95. The number of anilines is 1. The van der Waals surface area contributed by atoms with Crippen molar-refractivity contribution in [2.24, 2.45) is 5.92 Å². The van der Waals surface area contributed by atoms with Crippen LogP contribution in [0.5, 0.6) is 17.2 Å². The number of methoxy groups -OCH3 is 1. The molecular weight excluding hydrogens is 623 g/mol. The van der Waals surface area contributed by atoms with E-state index in [1.165, 1.54) is 33.6 Å². The second kappa shape index (κ2) is 14.8. The van der Waals surface area contributed by atoms with Crippen LogP contribution < -0.4 is 19.1 Å². The molecule has 11 heteroatoms. The standard InChI is InChI=1S/C35H37N3O6S2/c1-6-43-28-19-25(13-16-27(28)44-18-17-21(2)3)30-29(31(39)24-11-14-26(42-5)15-12-24)32(40)33(41)38(30)34-36-37-35(46-34)45-20-23-9-7-22(4)8-10-23/h7-16,19,21,30,39H,6,17-18,20H2,1-5H3/b31-29+. The Morgan fingerprint density at radius 3 is 2.41 bits per heavy atom. The minimum absolute atomic E-state index is 0.0600. The van der Waals surface area contributed by atoms with Crippen molar-refractivity contribution in [3.8, 4) is 17.2 Å². The Kier molecular flexibility index (Phi) is 10.6. The van der Waals surface area contributed by atoms with Gasteiger partial charge < -0.3 is 19.3 Å². The molecular formula is C35H37N3O6S2. The fraction of sp³-hybridized carbons (Fsp3) is 0.314. The molecule has 5 rings (SSSR count). The fourth-order valence-corrected chi connectivity index (χ4v) is 6.75. The molecule has 1 amide bonds. The maximum Gasteiger partial charge on any atom is 0.301 e. The normalized spacial score (nSPS) is 15.9. The van der Waals surface area contributed by atoms with Gasteiger partial charge in [0.1, 0.15) is 11.5 Å². The third-order valence-corrected chi connectivity index (χ3v) is 9.56. The third-order valence-electron chi connectivity index (χ3n) is 7.43. The van der Waals surface area contributed by atoms with Crippen molar-refractivity contribution in [3.05, 3.63) is 94.6 Å². The number of aryl methyl sites for hydroxylation is 1. The summed E-state index contributed by atoms with van der Waals surface area (Å²) in [5.74, 6) is 0.840. The van der Waals surface area contributed by atoms with Gasteiger partial charge in [0.15, 0.2) is 15.8 Å². The van der Waals surface area contributed by atoms with E-state index in [0.29, 0.717) is 57.6 Å². The quantitative estimate of drug-likeness (QED) is 0.0510. The lowest BCUT2D eigenvalue weighted by Crippen LogP contribution is -2.29. The number of benzene rings is 3. The van der Waals surface area contributed by atoms with E-state index >= 15 is 0 Å². The van der Waals surface area contributed by atoms with Crippen molar-refractivity contribution < 1.29 is 28.9 Å². The van der Waals surface area contributed by atoms with Crippen molar-refractivity contribution in [2.45, 2.75) is 50.3 Å². The molecule has 1 atom stereocenters. The number of aliphatic hydroxyl groups excluding tert-OH is 1. The topological polar surface area (TPSA) is 111 Å². The summed E-state index contributed by atoms with van der Waals surface area (Å²) in [6, 6.07) is 19.2. The Morgan fingerprint density at radius 1 is 1.00 bits per heavy atom. The average molecular weight is 660 g/mol. The molecule has 0 spiro atoms. The fourth-order valence-electron chi connectivity index (χ4n) is 4.92. The van der Waals surface area contributed by atoms with Crippen LogP contribution in [0.1, 0.15) is 55.5 Å². The number of thioether (sulfide) groups is 1. The van der Waals surface area contributed by atoms with Gasteiger partial charge in [0.05, 0.1) is 31.9 Å². The number of amides is 1.